The second-order valence-electron chi connectivity index (χ2n) is 8.12. The minimum Gasteiger partial charge on any atom is -0.321 e. The molecule has 7 nitrogen and oxygen atoms in total. The molecule has 1 fully saturated rings. The second kappa shape index (κ2) is 11.6. The molecule has 3 aromatic rings. The van der Waals surface area contributed by atoms with E-state index in [0.29, 0.717) is 26.9 Å². The van der Waals surface area contributed by atoms with Gasteiger partial charge in [0.05, 0.1) is 5.25 Å². The molecule has 188 valence electrons. The van der Waals surface area contributed by atoms with Gasteiger partial charge in [-0.15, -0.1) is 11.8 Å². The van der Waals surface area contributed by atoms with Crippen molar-refractivity contribution in [2.45, 2.75) is 16.6 Å². The second-order valence-corrected chi connectivity index (χ2v) is 10.2. The van der Waals surface area contributed by atoms with E-state index in [1.807, 2.05) is 0 Å². The van der Waals surface area contributed by atoms with Crippen LogP contribution in [-0.2, 0) is 14.4 Å². The third-order valence-corrected chi connectivity index (χ3v) is 7.28. The molecule has 0 spiro atoms. The van der Waals surface area contributed by atoms with Gasteiger partial charge < -0.3 is 10.6 Å². The maximum atomic E-state index is 13.2. The van der Waals surface area contributed by atoms with Gasteiger partial charge in [0.15, 0.2) is 0 Å². The summed E-state index contributed by atoms with van der Waals surface area (Å²) in [6.07, 6.45) is 1.62. The number of nitrogens with one attached hydrogen (secondary N) is 2. The highest BCUT2D eigenvalue weighted by molar-refractivity contribution is 8.00. The Bertz CT molecular complexity index is 1390. The lowest BCUT2D eigenvalue weighted by atomic mass is 10.1. The van der Waals surface area contributed by atoms with Crippen LogP contribution >= 0.6 is 35.0 Å². The molecule has 0 bridgehead atoms. The molecule has 1 heterocycles. The predicted molar refractivity (Wildman–Crippen MR) is 145 cm³/mol. The molecule has 0 saturated carbocycles. The fourth-order valence-electron chi connectivity index (χ4n) is 3.51. The Hall–Kier alpha value is -3.59. The van der Waals surface area contributed by atoms with Crippen LogP contribution in [0.3, 0.4) is 0 Å². The predicted octanol–water partition coefficient (Wildman–Crippen LogP) is 5.25. The van der Waals surface area contributed by atoms with E-state index < -0.39 is 17.1 Å². The first kappa shape index (κ1) is 26.5. The minimum atomic E-state index is -0.561. The van der Waals surface area contributed by atoms with Crippen molar-refractivity contribution in [1.82, 2.24) is 10.2 Å². The van der Waals surface area contributed by atoms with Crippen LogP contribution < -0.4 is 10.6 Å². The van der Waals surface area contributed by atoms with E-state index in [9.17, 15) is 19.2 Å². The van der Waals surface area contributed by atoms with Crippen molar-refractivity contribution < 1.29 is 19.2 Å². The number of hydrogen-bond donors (Lipinski definition) is 2. The summed E-state index contributed by atoms with van der Waals surface area (Å²) in [4.78, 5) is 51.8. The molecule has 0 radical (unpaired) electrons. The Balaban J connectivity index is 1.52. The summed E-state index contributed by atoms with van der Waals surface area (Å²) < 4.78 is 0. The summed E-state index contributed by atoms with van der Waals surface area (Å²) in [7, 11) is 1.47. The van der Waals surface area contributed by atoms with E-state index in [4.69, 9.17) is 23.2 Å². The molecule has 3 aromatic carbocycles. The zero-order chi connectivity index (χ0) is 26.5. The first-order chi connectivity index (χ1) is 17.7. The van der Waals surface area contributed by atoms with Crippen LogP contribution in [0.2, 0.25) is 10.0 Å². The number of benzene rings is 3. The van der Waals surface area contributed by atoms with Crippen molar-refractivity contribution in [2.24, 2.45) is 0 Å². The van der Waals surface area contributed by atoms with Gasteiger partial charge in [0.2, 0.25) is 11.8 Å². The maximum absolute atomic E-state index is 13.2. The highest BCUT2D eigenvalue weighted by Gasteiger charge is 2.36. The van der Waals surface area contributed by atoms with Crippen LogP contribution in [0.1, 0.15) is 22.3 Å². The summed E-state index contributed by atoms with van der Waals surface area (Å²) in [6.45, 7) is 0. The molecule has 1 aliphatic heterocycles. The van der Waals surface area contributed by atoms with Gasteiger partial charge in [-0.05, 0) is 60.2 Å². The number of halogens is 2. The normalized spacial score (nSPS) is 15.6. The van der Waals surface area contributed by atoms with E-state index in [0.717, 1.165) is 9.80 Å². The number of anilines is 1. The highest BCUT2D eigenvalue weighted by Crippen LogP contribution is 2.31. The van der Waals surface area contributed by atoms with Crippen LogP contribution in [0.4, 0.5) is 5.69 Å². The third kappa shape index (κ3) is 6.60. The zero-order valence-corrected chi connectivity index (χ0v) is 21.9. The molecule has 2 N–H and O–H groups in total. The van der Waals surface area contributed by atoms with Crippen LogP contribution in [0.25, 0.3) is 6.08 Å². The molecule has 37 heavy (non-hydrogen) atoms. The Kier molecular flexibility index (Phi) is 8.33. The van der Waals surface area contributed by atoms with Crippen molar-refractivity contribution in [2.75, 3.05) is 12.4 Å². The molecule has 1 aliphatic rings. The van der Waals surface area contributed by atoms with Crippen molar-refractivity contribution in [3.63, 3.8) is 0 Å². The average molecular weight is 554 g/mol. The average Bonchev–Trinajstić information content (AvgIpc) is 3.12. The Morgan fingerprint density at radius 1 is 1.00 bits per heavy atom. The lowest BCUT2D eigenvalue weighted by molar-refractivity contribution is -0.136. The molecule has 0 aliphatic carbocycles. The zero-order valence-electron chi connectivity index (χ0n) is 19.5. The summed E-state index contributed by atoms with van der Waals surface area (Å²) in [5.74, 6) is -1.45. The van der Waals surface area contributed by atoms with Gasteiger partial charge in [0.25, 0.3) is 11.8 Å². The van der Waals surface area contributed by atoms with E-state index in [1.165, 1.54) is 24.9 Å². The number of likely N-dealkylation sites (tertiary alicyclic amines) is 1. The van der Waals surface area contributed by atoms with E-state index in [2.05, 4.69) is 10.6 Å². The van der Waals surface area contributed by atoms with Gasteiger partial charge in [0.1, 0.15) is 5.70 Å². The first-order valence-electron chi connectivity index (χ1n) is 11.1. The van der Waals surface area contributed by atoms with E-state index in [-0.39, 0.29) is 23.9 Å². The molecule has 4 rings (SSSR count). The molecular formula is C27H21Cl2N3O4S. The Labute approximate surface area is 227 Å². The Morgan fingerprint density at radius 3 is 2.32 bits per heavy atom. The quantitative estimate of drug-likeness (QED) is 0.307. The molecule has 1 atom stereocenters. The summed E-state index contributed by atoms with van der Waals surface area (Å²) in [6, 6.07) is 20.2. The number of hydrogen-bond acceptors (Lipinski definition) is 5. The molecule has 4 amide bonds. The van der Waals surface area contributed by atoms with Crippen LogP contribution in [0, 0.1) is 0 Å². The monoisotopic (exact) mass is 553 g/mol. The fourth-order valence-corrected chi connectivity index (χ4v) is 5.08. The SMILES string of the molecule is CN1C(=O)CC(Sc2ccc(NC(=O)/C(=C/c3ccc(Cl)cc3Cl)NC(=O)c3ccccc3)cc2)C1=O. The minimum absolute atomic E-state index is 0.0189. The number of carbonyl (C=O) groups excluding carboxylic acids is 4. The Morgan fingerprint density at radius 2 is 1.70 bits per heavy atom. The lowest BCUT2D eigenvalue weighted by Gasteiger charge is -2.13. The molecular weight excluding hydrogens is 533 g/mol. The number of nitrogens with zero attached hydrogens (tertiary/aromatic N) is 1. The van der Waals surface area contributed by atoms with Crippen molar-refractivity contribution in [3.05, 3.63) is 99.7 Å². The van der Waals surface area contributed by atoms with Gasteiger partial charge in [-0.3, -0.25) is 24.1 Å². The molecule has 0 aromatic heterocycles. The number of imide groups is 1. The summed E-state index contributed by atoms with van der Waals surface area (Å²) in [5, 5.41) is 5.71. The summed E-state index contributed by atoms with van der Waals surface area (Å²) in [5.41, 5.74) is 1.34. The number of thioether (sulfide) groups is 1. The van der Waals surface area contributed by atoms with Gasteiger partial charge in [-0.1, -0.05) is 47.5 Å². The standard InChI is InChI=1S/C27H21Cl2N3O4S/c1-32-24(33)15-23(27(32)36)37-20-11-9-19(10-12-20)30-26(35)22(13-17-7-8-18(28)14-21(17)29)31-25(34)16-5-3-2-4-6-16/h2-14,23H,15H2,1H3,(H,30,35)(H,31,34)/b22-13-. The van der Waals surface area contributed by atoms with Crippen LogP contribution in [0.15, 0.2) is 83.4 Å². The third-order valence-electron chi connectivity index (χ3n) is 5.52. The van der Waals surface area contributed by atoms with E-state index in [1.54, 1.807) is 72.8 Å². The van der Waals surface area contributed by atoms with Gasteiger partial charge in [-0.2, -0.15) is 0 Å². The molecule has 10 heteroatoms. The largest absolute Gasteiger partial charge is 0.321 e. The topological polar surface area (TPSA) is 95.6 Å². The van der Waals surface area contributed by atoms with Crippen LogP contribution in [0.5, 0.6) is 0 Å². The fraction of sp³-hybridized carbons (Fsp3) is 0.111. The van der Waals surface area contributed by atoms with Crippen molar-refractivity contribution in [1.29, 1.82) is 0 Å². The highest BCUT2D eigenvalue weighted by atomic mass is 35.5. The molecule has 1 unspecified atom stereocenters. The summed E-state index contributed by atoms with van der Waals surface area (Å²) >= 11 is 13.6. The number of amides is 4. The van der Waals surface area contributed by atoms with Crippen molar-refractivity contribution >= 4 is 70.4 Å². The van der Waals surface area contributed by atoms with Crippen LogP contribution in [-0.4, -0.2) is 40.8 Å². The first-order valence-corrected chi connectivity index (χ1v) is 12.8. The van der Waals surface area contributed by atoms with E-state index >= 15 is 0 Å². The lowest BCUT2D eigenvalue weighted by Crippen LogP contribution is -2.30. The number of rotatable bonds is 7. The smallest absolute Gasteiger partial charge is 0.272 e. The maximum Gasteiger partial charge on any atom is 0.272 e. The van der Waals surface area contributed by atoms with Gasteiger partial charge in [0, 0.05) is 39.7 Å². The van der Waals surface area contributed by atoms with Gasteiger partial charge >= 0.3 is 0 Å². The number of carbonyl (C=O) groups is 4. The molecule has 1 saturated heterocycles. The van der Waals surface area contributed by atoms with Gasteiger partial charge in [-0.25, -0.2) is 0 Å². The van der Waals surface area contributed by atoms with Crippen molar-refractivity contribution in [3.8, 4) is 0 Å².